The van der Waals surface area contributed by atoms with Crippen LogP contribution in [0.3, 0.4) is 0 Å². The molecule has 7 nitrogen and oxygen atoms in total. The number of nitrogens with one attached hydrogen (secondary N) is 2. The highest BCUT2D eigenvalue weighted by Crippen LogP contribution is 2.26. The van der Waals surface area contributed by atoms with Crippen LogP contribution in [0.25, 0.3) is 0 Å². The average Bonchev–Trinajstić information content (AvgIpc) is 3.36. The first-order valence-corrected chi connectivity index (χ1v) is 14.8. The summed E-state index contributed by atoms with van der Waals surface area (Å²) < 4.78 is 0. The number of rotatable bonds is 10. The monoisotopic (exact) mass is 538 g/mol. The van der Waals surface area contributed by atoms with Crippen molar-refractivity contribution in [3.63, 3.8) is 0 Å². The third-order valence-electron chi connectivity index (χ3n) is 8.35. The van der Waals surface area contributed by atoms with Crippen LogP contribution in [0.2, 0.25) is 0 Å². The molecule has 1 saturated heterocycles. The largest absolute Gasteiger partial charge is 0.343 e. The van der Waals surface area contributed by atoms with Gasteiger partial charge >= 0.3 is 0 Å². The van der Waals surface area contributed by atoms with E-state index in [1.54, 1.807) is 18.9 Å². The lowest BCUT2D eigenvalue weighted by Gasteiger charge is -2.39. The Kier molecular flexibility index (Phi) is 10.8. The molecule has 3 atom stereocenters. The standard InChI is InChI=1S/C32H50N4O3/c1-20(2)28(18-23(7)30(37)33-26-16-15-24-12-11-13-25(24)19-26)35(8)32(39)29(21(3)4)34-31(38)27-14-9-10-17-36(27)22(5)6/h15-16,18-22,27-29H,9-14,17H2,1-8H3,(H,33,37)(H,34,38)/t27-,28-,29+/m1/s1. The van der Waals surface area contributed by atoms with Crippen molar-refractivity contribution in [2.75, 3.05) is 18.9 Å². The van der Waals surface area contributed by atoms with Crippen LogP contribution in [-0.4, -0.2) is 65.3 Å². The van der Waals surface area contributed by atoms with Gasteiger partial charge in [-0.2, -0.15) is 0 Å². The first-order chi connectivity index (χ1) is 18.4. The van der Waals surface area contributed by atoms with Gasteiger partial charge in [-0.25, -0.2) is 0 Å². The van der Waals surface area contributed by atoms with Gasteiger partial charge in [-0.1, -0.05) is 46.3 Å². The van der Waals surface area contributed by atoms with Crippen molar-refractivity contribution < 1.29 is 14.4 Å². The predicted octanol–water partition coefficient (Wildman–Crippen LogP) is 4.95. The maximum atomic E-state index is 13.8. The zero-order chi connectivity index (χ0) is 28.9. The number of piperidine rings is 1. The predicted molar refractivity (Wildman–Crippen MR) is 158 cm³/mol. The number of benzene rings is 1. The number of anilines is 1. The van der Waals surface area contributed by atoms with Crippen molar-refractivity contribution in [1.29, 1.82) is 0 Å². The van der Waals surface area contributed by atoms with E-state index < -0.39 is 6.04 Å². The van der Waals surface area contributed by atoms with Gasteiger partial charge in [-0.15, -0.1) is 0 Å². The summed E-state index contributed by atoms with van der Waals surface area (Å²) in [7, 11) is 1.78. The number of hydrogen-bond acceptors (Lipinski definition) is 4. The maximum absolute atomic E-state index is 13.8. The van der Waals surface area contributed by atoms with E-state index in [1.165, 1.54) is 11.1 Å². The molecule has 0 bridgehead atoms. The minimum absolute atomic E-state index is 0.0645. The molecule has 7 heteroatoms. The van der Waals surface area contributed by atoms with E-state index in [9.17, 15) is 14.4 Å². The molecule has 1 aromatic rings. The van der Waals surface area contributed by atoms with E-state index >= 15 is 0 Å². The van der Waals surface area contributed by atoms with Gasteiger partial charge in [-0.05, 0) is 94.5 Å². The summed E-state index contributed by atoms with van der Waals surface area (Å²) in [5, 5.41) is 6.13. The second-order valence-electron chi connectivity index (χ2n) is 12.4. The fourth-order valence-electron chi connectivity index (χ4n) is 5.95. The second-order valence-corrected chi connectivity index (χ2v) is 12.4. The molecular weight excluding hydrogens is 488 g/mol. The molecule has 0 spiro atoms. The van der Waals surface area contributed by atoms with Crippen LogP contribution >= 0.6 is 0 Å². The summed E-state index contributed by atoms with van der Waals surface area (Å²) in [6.45, 7) is 15.0. The zero-order valence-electron chi connectivity index (χ0n) is 25.3. The normalized spacial score (nSPS) is 19.7. The number of hydrogen-bond donors (Lipinski definition) is 2. The van der Waals surface area contributed by atoms with E-state index in [4.69, 9.17) is 0 Å². The van der Waals surface area contributed by atoms with Gasteiger partial charge in [0, 0.05) is 24.4 Å². The van der Waals surface area contributed by atoms with Crippen LogP contribution in [0.1, 0.15) is 85.3 Å². The van der Waals surface area contributed by atoms with Crippen LogP contribution in [0.5, 0.6) is 0 Å². The van der Waals surface area contributed by atoms with Crippen LogP contribution in [0.4, 0.5) is 5.69 Å². The van der Waals surface area contributed by atoms with Crippen molar-refractivity contribution in [2.45, 2.75) is 111 Å². The Balaban J connectivity index is 1.72. The Morgan fingerprint density at radius 3 is 2.31 bits per heavy atom. The molecule has 0 aromatic heterocycles. The van der Waals surface area contributed by atoms with Gasteiger partial charge in [0.05, 0.1) is 12.1 Å². The van der Waals surface area contributed by atoms with Crippen LogP contribution in [-0.2, 0) is 27.2 Å². The first kappa shape index (κ1) is 30.9. The molecule has 0 radical (unpaired) electrons. The molecule has 1 aliphatic carbocycles. The van der Waals surface area contributed by atoms with Gasteiger partial charge in [0.15, 0.2) is 0 Å². The van der Waals surface area contributed by atoms with Gasteiger partial charge in [-0.3, -0.25) is 19.3 Å². The number of carbonyl (C=O) groups is 3. The number of likely N-dealkylation sites (N-methyl/N-ethyl adjacent to an activating group) is 1. The number of nitrogens with zero attached hydrogens (tertiary/aromatic N) is 2. The molecule has 216 valence electrons. The van der Waals surface area contributed by atoms with Crippen molar-refractivity contribution >= 4 is 23.4 Å². The van der Waals surface area contributed by atoms with Gasteiger partial charge in [0.25, 0.3) is 5.91 Å². The Morgan fingerprint density at radius 1 is 0.974 bits per heavy atom. The third kappa shape index (κ3) is 7.71. The summed E-state index contributed by atoms with van der Waals surface area (Å²) in [6.07, 6.45) is 8.14. The highest BCUT2D eigenvalue weighted by molar-refractivity contribution is 6.03. The Hall–Kier alpha value is -2.67. The summed E-state index contributed by atoms with van der Waals surface area (Å²) >= 11 is 0. The lowest BCUT2D eigenvalue weighted by molar-refractivity contribution is -0.140. The van der Waals surface area contributed by atoms with E-state index in [0.29, 0.717) is 5.57 Å². The summed E-state index contributed by atoms with van der Waals surface area (Å²) in [6, 6.07) is 5.30. The van der Waals surface area contributed by atoms with Crippen molar-refractivity contribution in [3.05, 3.63) is 41.0 Å². The van der Waals surface area contributed by atoms with E-state index in [2.05, 4.69) is 41.5 Å². The molecule has 1 aliphatic heterocycles. The molecule has 0 unspecified atom stereocenters. The minimum Gasteiger partial charge on any atom is -0.343 e. The number of carbonyl (C=O) groups excluding carboxylic acids is 3. The highest BCUT2D eigenvalue weighted by atomic mass is 16.2. The molecule has 1 heterocycles. The van der Waals surface area contributed by atoms with Crippen LogP contribution < -0.4 is 10.6 Å². The average molecular weight is 539 g/mol. The van der Waals surface area contributed by atoms with Crippen molar-refractivity contribution in [2.24, 2.45) is 11.8 Å². The highest BCUT2D eigenvalue weighted by Gasteiger charge is 2.36. The zero-order valence-corrected chi connectivity index (χ0v) is 25.3. The summed E-state index contributed by atoms with van der Waals surface area (Å²) in [4.78, 5) is 44.2. The molecular formula is C32H50N4O3. The number of aryl methyl sites for hydroxylation is 2. The number of amides is 3. The fourth-order valence-corrected chi connectivity index (χ4v) is 5.95. The maximum Gasteiger partial charge on any atom is 0.251 e. The van der Waals surface area contributed by atoms with E-state index in [0.717, 1.165) is 50.8 Å². The summed E-state index contributed by atoms with van der Waals surface area (Å²) in [5.74, 6) is -0.349. The third-order valence-corrected chi connectivity index (χ3v) is 8.35. The quantitative estimate of drug-likeness (QED) is 0.413. The fraction of sp³-hybridized carbons (Fsp3) is 0.656. The van der Waals surface area contributed by atoms with Crippen molar-refractivity contribution in [3.8, 4) is 0 Å². The molecule has 3 rings (SSSR count). The minimum atomic E-state index is -0.631. The van der Waals surface area contributed by atoms with Crippen LogP contribution in [0, 0.1) is 11.8 Å². The topological polar surface area (TPSA) is 81.8 Å². The first-order valence-electron chi connectivity index (χ1n) is 14.8. The van der Waals surface area contributed by atoms with E-state index in [-0.39, 0.29) is 47.7 Å². The van der Waals surface area contributed by atoms with Crippen molar-refractivity contribution in [1.82, 2.24) is 15.1 Å². The van der Waals surface area contributed by atoms with Gasteiger partial charge in [0.2, 0.25) is 11.8 Å². The lowest BCUT2D eigenvalue weighted by Crippen LogP contribution is -2.58. The second kappa shape index (κ2) is 13.6. The molecule has 3 amide bonds. The lowest BCUT2D eigenvalue weighted by atomic mass is 9.95. The Bertz CT molecular complexity index is 1060. The van der Waals surface area contributed by atoms with Gasteiger partial charge in [0.1, 0.15) is 6.04 Å². The molecule has 39 heavy (non-hydrogen) atoms. The number of fused-ring (bicyclic) bond motifs is 1. The van der Waals surface area contributed by atoms with E-state index in [1.807, 2.05) is 39.8 Å². The Morgan fingerprint density at radius 2 is 1.67 bits per heavy atom. The molecule has 2 N–H and O–H groups in total. The van der Waals surface area contributed by atoms with Crippen LogP contribution in [0.15, 0.2) is 29.8 Å². The smallest absolute Gasteiger partial charge is 0.251 e. The molecule has 1 aromatic carbocycles. The number of likely N-dealkylation sites (tertiary alicyclic amines) is 1. The molecule has 1 fully saturated rings. The Labute approximate surface area is 235 Å². The molecule has 2 aliphatic rings. The summed E-state index contributed by atoms with van der Waals surface area (Å²) in [5.41, 5.74) is 4.05. The molecule has 0 saturated carbocycles. The van der Waals surface area contributed by atoms with Gasteiger partial charge < -0.3 is 15.5 Å². The SMILES string of the molecule is CC(=C[C@H](C(C)C)N(C)C(=O)[C@@H](NC(=O)[C@H]1CCCCN1C(C)C)C(C)C)C(=O)Nc1ccc2c(c1)CCC2.